The number of hydrogen-bond acceptors (Lipinski definition) is 4. The van der Waals surface area contributed by atoms with Gasteiger partial charge in [-0.1, -0.05) is 34.1 Å². The Bertz CT molecular complexity index is 1050. The molecule has 0 aliphatic heterocycles. The molecule has 0 heterocycles. The number of sulfonamides is 1. The molecule has 0 aliphatic rings. The maximum Gasteiger partial charge on any atom is 0.261 e. The van der Waals surface area contributed by atoms with Gasteiger partial charge in [-0.2, -0.15) is 0 Å². The fraction of sp³-hybridized carbons (Fsp3) is 0.0952. The van der Waals surface area contributed by atoms with Crippen molar-refractivity contribution in [3.63, 3.8) is 0 Å². The number of carbonyl (C=O) groups excluding carboxylic acids is 1. The van der Waals surface area contributed by atoms with Crippen LogP contribution in [0.1, 0.15) is 10.4 Å². The first-order valence-corrected chi connectivity index (χ1v) is 11.1. The minimum Gasteiger partial charge on any atom is -0.492 e. The Labute approximate surface area is 178 Å². The molecule has 3 aromatic rings. The zero-order valence-corrected chi connectivity index (χ0v) is 17.7. The molecule has 8 heteroatoms. The van der Waals surface area contributed by atoms with E-state index in [9.17, 15) is 13.2 Å². The van der Waals surface area contributed by atoms with Crippen LogP contribution in [0.3, 0.4) is 0 Å². The molecule has 29 heavy (non-hydrogen) atoms. The zero-order valence-electron chi connectivity index (χ0n) is 15.3. The molecular formula is C21H19BrN2O4S. The third kappa shape index (κ3) is 6.07. The normalized spacial score (nSPS) is 10.9. The van der Waals surface area contributed by atoms with Crippen molar-refractivity contribution in [1.82, 2.24) is 5.32 Å². The van der Waals surface area contributed by atoms with Crippen LogP contribution in [0.25, 0.3) is 0 Å². The molecule has 0 spiro atoms. The maximum atomic E-state index is 12.4. The third-order valence-corrected chi connectivity index (χ3v) is 5.85. The number of ether oxygens (including phenoxy) is 1. The van der Waals surface area contributed by atoms with Gasteiger partial charge >= 0.3 is 0 Å². The van der Waals surface area contributed by atoms with Crippen LogP contribution < -0.4 is 14.8 Å². The molecule has 2 N–H and O–H groups in total. The molecule has 0 unspecified atom stereocenters. The number of rotatable bonds is 8. The zero-order chi connectivity index (χ0) is 20.7. The standard InChI is InChI=1S/C21H19BrN2O4S/c22-17-8-12-20(13-9-17)29(26,27)24-18-10-6-16(7-11-18)21(25)23-14-15-28-19-4-2-1-3-5-19/h1-13,24H,14-15H2,(H,23,25). The van der Waals surface area contributed by atoms with Gasteiger partial charge in [-0.05, 0) is 60.7 Å². The van der Waals surface area contributed by atoms with E-state index in [4.69, 9.17) is 4.74 Å². The summed E-state index contributed by atoms with van der Waals surface area (Å²) >= 11 is 3.27. The summed E-state index contributed by atoms with van der Waals surface area (Å²) in [6.45, 7) is 0.701. The van der Waals surface area contributed by atoms with Crippen molar-refractivity contribution in [2.75, 3.05) is 17.9 Å². The van der Waals surface area contributed by atoms with Crippen LogP contribution in [0.15, 0.2) is 88.2 Å². The van der Waals surface area contributed by atoms with Crippen LogP contribution in [0.5, 0.6) is 5.75 Å². The van der Waals surface area contributed by atoms with E-state index in [0.29, 0.717) is 24.4 Å². The van der Waals surface area contributed by atoms with Gasteiger partial charge in [0.1, 0.15) is 12.4 Å². The minimum atomic E-state index is -3.70. The highest BCUT2D eigenvalue weighted by Crippen LogP contribution is 2.19. The molecule has 1 amide bonds. The van der Waals surface area contributed by atoms with E-state index in [0.717, 1.165) is 10.2 Å². The van der Waals surface area contributed by atoms with Crippen molar-refractivity contribution in [3.8, 4) is 5.75 Å². The van der Waals surface area contributed by atoms with E-state index in [1.807, 2.05) is 30.3 Å². The van der Waals surface area contributed by atoms with Gasteiger partial charge in [-0.15, -0.1) is 0 Å². The van der Waals surface area contributed by atoms with Gasteiger partial charge in [0.05, 0.1) is 11.4 Å². The monoisotopic (exact) mass is 474 g/mol. The third-order valence-electron chi connectivity index (χ3n) is 3.92. The summed E-state index contributed by atoms with van der Waals surface area (Å²) in [7, 11) is -3.70. The average molecular weight is 475 g/mol. The van der Waals surface area contributed by atoms with E-state index < -0.39 is 10.0 Å². The lowest BCUT2D eigenvalue weighted by Gasteiger charge is -2.10. The lowest BCUT2D eigenvalue weighted by atomic mass is 10.2. The van der Waals surface area contributed by atoms with Crippen LogP contribution in [0, 0.1) is 0 Å². The molecule has 0 aliphatic carbocycles. The summed E-state index contributed by atoms with van der Waals surface area (Å²) in [4.78, 5) is 12.3. The molecule has 0 saturated heterocycles. The molecule has 0 radical (unpaired) electrons. The number of nitrogens with one attached hydrogen (secondary N) is 2. The summed E-state index contributed by atoms with van der Waals surface area (Å²) in [5.74, 6) is 0.480. The van der Waals surface area contributed by atoms with Crippen molar-refractivity contribution in [2.24, 2.45) is 0 Å². The second-order valence-corrected chi connectivity index (χ2v) is 8.65. The first-order valence-electron chi connectivity index (χ1n) is 8.78. The van der Waals surface area contributed by atoms with E-state index in [-0.39, 0.29) is 10.8 Å². The fourth-order valence-electron chi connectivity index (χ4n) is 2.47. The molecule has 0 aromatic heterocycles. The van der Waals surface area contributed by atoms with Gasteiger partial charge in [0, 0.05) is 15.7 Å². The molecule has 0 saturated carbocycles. The van der Waals surface area contributed by atoms with Crippen LogP contribution in [0.2, 0.25) is 0 Å². The van der Waals surface area contributed by atoms with Gasteiger partial charge in [0.25, 0.3) is 15.9 Å². The topological polar surface area (TPSA) is 84.5 Å². The highest BCUT2D eigenvalue weighted by atomic mass is 79.9. The lowest BCUT2D eigenvalue weighted by Crippen LogP contribution is -2.28. The molecular weight excluding hydrogens is 456 g/mol. The highest BCUT2D eigenvalue weighted by molar-refractivity contribution is 9.10. The Morgan fingerprint density at radius 1 is 0.897 bits per heavy atom. The maximum absolute atomic E-state index is 12.4. The summed E-state index contributed by atoms with van der Waals surface area (Å²) < 4.78 is 33.6. The smallest absolute Gasteiger partial charge is 0.261 e. The van der Waals surface area contributed by atoms with Crippen molar-refractivity contribution in [3.05, 3.63) is 88.9 Å². The molecule has 150 valence electrons. The number of hydrogen-bond donors (Lipinski definition) is 2. The second-order valence-electron chi connectivity index (χ2n) is 6.05. The van der Waals surface area contributed by atoms with Gasteiger partial charge in [0.2, 0.25) is 0 Å². The molecule has 3 rings (SSSR count). The number of anilines is 1. The van der Waals surface area contributed by atoms with Gasteiger partial charge in [0.15, 0.2) is 0 Å². The number of para-hydroxylation sites is 1. The molecule has 0 fully saturated rings. The van der Waals surface area contributed by atoms with Gasteiger partial charge < -0.3 is 10.1 Å². The largest absolute Gasteiger partial charge is 0.492 e. The Hall–Kier alpha value is -2.84. The highest BCUT2D eigenvalue weighted by Gasteiger charge is 2.14. The summed E-state index contributed by atoms with van der Waals surface area (Å²) in [6, 6.07) is 21.9. The number of benzene rings is 3. The predicted octanol–water partition coefficient (Wildman–Crippen LogP) is 4.06. The van der Waals surface area contributed by atoms with E-state index in [1.165, 1.54) is 12.1 Å². The van der Waals surface area contributed by atoms with Crippen molar-refractivity contribution < 1.29 is 17.9 Å². The van der Waals surface area contributed by atoms with Crippen LogP contribution in [-0.2, 0) is 10.0 Å². The fourth-order valence-corrected chi connectivity index (χ4v) is 3.79. The van der Waals surface area contributed by atoms with Gasteiger partial charge in [-0.3, -0.25) is 9.52 Å². The number of amides is 1. The molecule has 6 nitrogen and oxygen atoms in total. The summed E-state index contributed by atoms with van der Waals surface area (Å²) in [6.07, 6.45) is 0. The van der Waals surface area contributed by atoms with Crippen molar-refractivity contribution in [2.45, 2.75) is 4.90 Å². The average Bonchev–Trinajstić information content (AvgIpc) is 2.72. The van der Waals surface area contributed by atoms with Crippen LogP contribution in [0.4, 0.5) is 5.69 Å². The van der Waals surface area contributed by atoms with E-state index in [2.05, 4.69) is 26.0 Å². The Kier molecular flexibility index (Phi) is 6.90. The second kappa shape index (κ2) is 9.58. The summed E-state index contributed by atoms with van der Waals surface area (Å²) in [5, 5.41) is 2.76. The minimum absolute atomic E-state index is 0.154. The lowest BCUT2D eigenvalue weighted by molar-refractivity contribution is 0.0947. The van der Waals surface area contributed by atoms with Crippen LogP contribution in [-0.4, -0.2) is 27.5 Å². The SMILES string of the molecule is O=C(NCCOc1ccccc1)c1ccc(NS(=O)(=O)c2ccc(Br)cc2)cc1. The Morgan fingerprint density at radius 3 is 2.21 bits per heavy atom. The van der Waals surface area contributed by atoms with Crippen LogP contribution >= 0.6 is 15.9 Å². The molecule has 0 atom stereocenters. The quantitative estimate of drug-likeness (QED) is 0.482. The Balaban J connectivity index is 1.52. The molecule has 3 aromatic carbocycles. The van der Waals surface area contributed by atoms with Gasteiger partial charge in [-0.25, -0.2) is 8.42 Å². The van der Waals surface area contributed by atoms with E-state index >= 15 is 0 Å². The Morgan fingerprint density at radius 2 is 1.55 bits per heavy atom. The van der Waals surface area contributed by atoms with Crippen molar-refractivity contribution >= 4 is 37.5 Å². The number of halogens is 1. The first-order chi connectivity index (χ1) is 13.9. The van der Waals surface area contributed by atoms with E-state index in [1.54, 1.807) is 36.4 Å². The van der Waals surface area contributed by atoms with Crippen molar-refractivity contribution in [1.29, 1.82) is 0 Å². The molecule has 0 bridgehead atoms. The first kappa shape index (κ1) is 20.9. The summed E-state index contributed by atoms with van der Waals surface area (Å²) in [5.41, 5.74) is 0.799. The number of carbonyl (C=O) groups is 1. The predicted molar refractivity (Wildman–Crippen MR) is 116 cm³/mol.